The Morgan fingerprint density at radius 1 is 0.366 bits per heavy atom. The molecular formula is C101H102. The van der Waals surface area contributed by atoms with Crippen molar-refractivity contribution in [3.63, 3.8) is 0 Å². The first-order chi connectivity index (χ1) is 49.0. The van der Waals surface area contributed by atoms with Gasteiger partial charge in [-0.15, -0.1) is 0 Å². The minimum absolute atomic E-state index is 0.0219. The van der Waals surface area contributed by atoms with Crippen LogP contribution in [0.1, 0.15) is 218 Å². The van der Waals surface area contributed by atoms with Crippen LogP contribution < -0.4 is 0 Å². The molecule has 0 amide bonds. The van der Waals surface area contributed by atoms with Crippen molar-refractivity contribution in [2.75, 3.05) is 0 Å². The van der Waals surface area contributed by atoms with Gasteiger partial charge in [-0.1, -0.05) is 275 Å². The number of benzene rings is 10. The lowest BCUT2D eigenvalue weighted by atomic mass is 9.63. The van der Waals surface area contributed by atoms with E-state index in [1.165, 1.54) is 211 Å². The maximum atomic E-state index is 2.78. The smallest absolute Gasteiger partial charge is 0.0159 e. The summed E-state index contributed by atoms with van der Waals surface area (Å²) in [6.45, 7) is 23.3. The highest BCUT2D eigenvalue weighted by Gasteiger charge is 2.49. The predicted molar refractivity (Wildman–Crippen MR) is 426 cm³/mol. The third kappa shape index (κ3) is 10.9. The Labute approximate surface area is 604 Å². The van der Waals surface area contributed by atoms with Crippen LogP contribution in [0.2, 0.25) is 0 Å². The molecule has 0 nitrogen and oxygen atoms in total. The molecule has 9 unspecified atom stereocenters. The fraction of sp³-hybridized carbons (Fsp3) is 0.347. The molecule has 0 spiro atoms. The predicted octanol–water partition coefficient (Wildman–Crippen LogP) is 27.2. The summed E-state index contributed by atoms with van der Waals surface area (Å²) in [6.07, 6.45) is 26.3. The van der Waals surface area contributed by atoms with Crippen molar-refractivity contribution in [1.29, 1.82) is 0 Å². The fourth-order valence-corrected chi connectivity index (χ4v) is 23.1. The van der Waals surface area contributed by atoms with Gasteiger partial charge in [0.1, 0.15) is 0 Å². The van der Waals surface area contributed by atoms with Gasteiger partial charge in [0, 0.05) is 16.7 Å². The van der Waals surface area contributed by atoms with E-state index < -0.39 is 0 Å². The molecular weight excluding hydrogens is 1210 g/mol. The summed E-state index contributed by atoms with van der Waals surface area (Å²) in [7, 11) is 0. The molecule has 0 aliphatic heterocycles. The Morgan fingerprint density at radius 2 is 0.881 bits per heavy atom. The van der Waals surface area contributed by atoms with Crippen LogP contribution in [0, 0.1) is 77.0 Å². The standard InChI is InChI=1S/C101H102/c1-60-52-62(3)96(63(4)53-60)71-32-22-66(23-33-71)76-44-48-88-90(56-76)91-57-77(67-24-34-72(35-25-67)97-64(5)54-61(2)55-65(97)6)45-49-89(91)99(88)75-40-30-70(31-41-75)80-50-51-87(82-19-15-18-81(80)82)98(73-36-26-68(27-37-73)78-42-46-85-83-16-11-13-20-92(83)100(7,8)94(85)58-78)74-38-28-69(29-39-74)79-43-47-86-84-17-12-14-21-93(84)101(9,10)95(86)59-79/h11-14,16-17,20-27,30,32-37,40,42-44,46-48,50-56,58-59,69-70,74-75,77,81-82,89,91,98-99H,15,18-19,28-29,31,38-39,41,45,49,57H2,1-10H3. The first-order valence-corrected chi connectivity index (χ1v) is 39.2. The van der Waals surface area contributed by atoms with E-state index in [4.69, 9.17) is 0 Å². The second kappa shape index (κ2) is 25.1. The number of hydrogen-bond acceptors (Lipinski definition) is 0. The second-order valence-corrected chi connectivity index (χ2v) is 34.2. The van der Waals surface area contributed by atoms with Crippen LogP contribution in [-0.4, -0.2) is 0 Å². The molecule has 0 aromatic heterocycles. The van der Waals surface area contributed by atoms with Crippen molar-refractivity contribution in [2.45, 2.75) is 187 Å². The quantitative estimate of drug-likeness (QED) is 0.113. The summed E-state index contributed by atoms with van der Waals surface area (Å²) in [5.74, 6) is 6.26. The van der Waals surface area contributed by atoms with Crippen molar-refractivity contribution in [2.24, 2.45) is 35.5 Å². The number of aryl methyl sites for hydroxylation is 6. The Morgan fingerprint density at radius 3 is 1.50 bits per heavy atom. The lowest BCUT2D eigenvalue weighted by Gasteiger charge is -2.42. The van der Waals surface area contributed by atoms with Crippen molar-refractivity contribution >= 4 is 0 Å². The lowest BCUT2D eigenvalue weighted by Crippen LogP contribution is -2.30. The summed E-state index contributed by atoms with van der Waals surface area (Å²) in [6, 6.07) is 79.8. The first-order valence-electron chi connectivity index (χ1n) is 39.2. The van der Waals surface area contributed by atoms with Crippen LogP contribution in [0.5, 0.6) is 0 Å². The van der Waals surface area contributed by atoms with E-state index in [1.807, 2.05) is 0 Å². The number of allylic oxidation sites excluding steroid dienone is 6. The van der Waals surface area contributed by atoms with E-state index in [2.05, 4.69) is 294 Å². The van der Waals surface area contributed by atoms with Crippen molar-refractivity contribution in [3.05, 3.63) is 319 Å². The average molecular weight is 1320 g/mol. The third-order valence-electron chi connectivity index (χ3n) is 27.7. The van der Waals surface area contributed by atoms with Crippen LogP contribution in [0.4, 0.5) is 0 Å². The molecule has 8 aliphatic carbocycles. The van der Waals surface area contributed by atoms with E-state index in [0.717, 1.165) is 0 Å². The maximum absolute atomic E-state index is 2.78. The summed E-state index contributed by atoms with van der Waals surface area (Å²) in [4.78, 5) is 0. The van der Waals surface area contributed by atoms with Gasteiger partial charge in [0.15, 0.2) is 0 Å². The van der Waals surface area contributed by atoms with Gasteiger partial charge in [-0.3, -0.25) is 0 Å². The van der Waals surface area contributed by atoms with Gasteiger partial charge < -0.3 is 0 Å². The number of hydrogen-bond donors (Lipinski definition) is 0. The van der Waals surface area contributed by atoms with E-state index in [0.29, 0.717) is 65.1 Å². The second-order valence-electron chi connectivity index (χ2n) is 34.2. The molecule has 0 bridgehead atoms. The molecule has 0 heterocycles. The molecule has 10 aromatic rings. The van der Waals surface area contributed by atoms with E-state index in [9.17, 15) is 0 Å². The summed E-state index contributed by atoms with van der Waals surface area (Å²) in [5, 5.41) is 0. The Kier molecular flexibility index (Phi) is 16.1. The minimum Gasteiger partial charge on any atom is -0.0842 e. The highest BCUT2D eigenvalue weighted by molar-refractivity contribution is 5.85. The Hall–Kier alpha value is -8.58. The van der Waals surface area contributed by atoms with Gasteiger partial charge >= 0.3 is 0 Å². The van der Waals surface area contributed by atoms with Crippen molar-refractivity contribution in [3.8, 4) is 66.8 Å². The van der Waals surface area contributed by atoms with Gasteiger partial charge in [-0.05, 0) is 317 Å². The number of fused-ring (bicyclic) bond motifs is 10. The molecule has 0 radical (unpaired) electrons. The highest BCUT2D eigenvalue weighted by Crippen LogP contribution is 2.62. The monoisotopic (exact) mass is 1310 g/mol. The van der Waals surface area contributed by atoms with Gasteiger partial charge in [0.2, 0.25) is 0 Å². The van der Waals surface area contributed by atoms with Crippen LogP contribution >= 0.6 is 0 Å². The molecule has 0 N–H and O–H groups in total. The zero-order chi connectivity index (χ0) is 68.7. The van der Waals surface area contributed by atoms with Gasteiger partial charge in [0.05, 0.1) is 0 Å². The molecule has 9 atom stereocenters. The third-order valence-corrected chi connectivity index (χ3v) is 27.7. The molecule has 18 rings (SSSR count). The van der Waals surface area contributed by atoms with Crippen LogP contribution in [-0.2, 0) is 10.8 Å². The molecule has 0 saturated heterocycles. The van der Waals surface area contributed by atoms with Gasteiger partial charge in [-0.2, -0.15) is 0 Å². The Bertz CT molecular complexity index is 4950. The van der Waals surface area contributed by atoms with E-state index in [-0.39, 0.29) is 10.8 Å². The fourth-order valence-electron chi connectivity index (χ4n) is 23.1. The molecule has 506 valence electrons. The van der Waals surface area contributed by atoms with Gasteiger partial charge in [0.25, 0.3) is 0 Å². The summed E-state index contributed by atoms with van der Waals surface area (Å²) >= 11 is 0. The van der Waals surface area contributed by atoms with Crippen LogP contribution in [0.3, 0.4) is 0 Å². The normalized spacial score (nSPS) is 25.0. The average Bonchev–Trinajstić information content (AvgIpc) is 1.60. The highest BCUT2D eigenvalue weighted by atomic mass is 14.5. The van der Waals surface area contributed by atoms with E-state index >= 15 is 0 Å². The maximum Gasteiger partial charge on any atom is 0.0159 e. The zero-order valence-electron chi connectivity index (χ0n) is 61.7. The molecule has 10 aromatic carbocycles. The summed E-state index contributed by atoms with van der Waals surface area (Å²) in [5.41, 5.74) is 41.9. The van der Waals surface area contributed by atoms with Crippen LogP contribution in [0.25, 0.3) is 66.8 Å². The van der Waals surface area contributed by atoms with E-state index in [1.54, 1.807) is 27.8 Å². The molecule has 101 heavy (non-hydrogen) atoms. The molecule has 0 heteroatoms. The van der Waals surface area contributed by atoms with Gasteiger partial charge in [-0.25, -0.2) is 0 Å². The molecule has 3 fully saturated rings. The summed E-state index contributed by atoms with van der Waals surface area (Å²) < 4.78 is 0. The Balaban J connectivity index is 0.643. The zero-order valence-corrected chi connectivity index (χ0v) is 61.7. The topological polar surface area (TPSA) is 0 Å². The van der Waals surface area contributed by atoms with Crippen molar-refractivity contribution < 1.29 is 0 Å². The van der Waals surface area contributed by atoms with Crippen LogP contribution in [0.15, 0.2) is 236 Å². The SMILES string of the molecule is Cc1cc(C)c(-c2ccc(-c3ccc4c(c3)C3CC(c5ccc(-c6c(C)cc(C)cc6C)cc5)CCC3C4C3C=CC(C4=CC=C(C(c5ccc(-c6ccc7c(c6)C(C)(C)c6ccccc6-7)cc5)C5CCC(c6ccc7c(c6)C(C)(C)c6ccccc6-7)CC5)C5CCCC45)CC3)cc2)c(C)c1. The molecule has 8 aliphatic rings. The first kappa shape index (κ1) is 64.5. The molecule has 3 saturated carbocycles. The number of rotatable bonds is 11. The lowest BCUT2D eigenvalue weighted by molar-refractivity contribution is 0.228. The van der Waals surface area contributed by atoms with Crippen molar-refractivity contribution in [1.82, 2.24) is 0 Å². The largest absolute Gasteiger partial charge is 0.0842 e. The minimum atomic E-state index is -0.0243.